The fraction of sp³-hybridized carbons (Fsp3) is 0.125. The number of benzene rings is 2. The number of aromatic hydroxyl groups is 1. The summed E-state index contributed by atoms with van der Waals surface area (Å²) in [6.07, 6.45) is 3.15. The number of carbonyl (C=O) groups is 2. The molecular formula is C24H19FN2O5. The molecule has 0 bridgehead atoms. The number of aliphatic hydroxyl groups excluding tert-OH is 1. The largest absolute Gasteiger partial charge is 0.508 e. The van der Waals surface area contributed by atoms with E-state index in [0.29, 0.717) is 11.1 Å². The summed E-state index contributed by atoms with van der Waals surface area (Å²) in [5, 5.41) is 21.0. The number of ketones is 1. The van der Waals surface area contributed by atoms with Crippen molar-refractivity contribution >= 4 is 17.4 Å². The second-order valence-corrected chi connectivity index (χ2v) is 7.23. The number of rotatable bonds is 5. The molecule has 1 aliphatic rings. The molecular weight excluding hydrogens is 415 g/mol. The summed E-state index contributed by atoms with van der Waals surface area (Å²) in [7, 11) is 1.31. The Hall–Kier alpha value is -4.20. The third kappa shape index (κ3) is 3.78. The number of Topliss-reactive ketones (excluding diaryl/α,β-unsaturated/α-hetero) is 1. The third-order valence-electron chi connectivity index (χ3n) is 5.23. The van der Waals surface area contributed by atoms with E-state index < -0.39 is 29.3 Å². The summed E-state index contributed by atoms with van der Waals surface area (Å²) < 4.78 is 19.1. The van der Waals surface area contributed by atoms with Gasteiger partial charge in [0.2, 0.25) is 0 Å². The number of halogens is 1. The standard InChI is InChI=1S/C24H19FN2O5/c1-32-19-8-7-16(11-18(19)25)22(29)20-21(15-5-2-6-17(28)10-15)27(24(31)23(20)30)13-14-4-3-9-26-12-14/h2-12,21,28-29H,13H2,1H3/t21-/m1/s1. The molecule has 4 rings (SSSR count). The highest BCUT2D eigenvalue weighted by Gasteiger charge is 2.46. The maximum absolute atomic E-state index is 14.2. The average molecular weight is 434 g/mol. The van der Waals surface area contributed by atoms with Gasteiger partial charge in [0.05, 0.1) is 18.7 Å². The van der Waals surface area contributed by atoms with Crippen molar-refractivity contribution in [3.05, 3.63) is 95.1 Å². The van der Waals surface area contributed by atoms with Crippen molar-refractivity contribution in [2.24, 2.45) is 0 Å². The molecule has 0 spiro atoms. The molecule has 8 heteroatoms. The summed E-state index contributed by atoms with van der Waals surface area (Å²) in [6.45, 7) is 0.0481. The predicted molar refractivity (Wildman–Crippen MR) is 113 cm³/mol. The molecule has 7 nitrogen and oxygen atoms in total. The molecule has 1 saturated heterocycles. The minimum atomic E-state index is -0.993. The molecule has 2 aromatic carbocycles. The fourth-order valence-corrected chi connectivity index (χ4v) is 3.74. The van der Waals surface area contributed by atoms with Crippen molar-refractivity contribution in [2.75, 3.05) is 7.11 Å². The highest BCUT2D eigenvalue weighted by atomic mass is 19.1. The third-order valence-corrected chi connectivity index (χ3v) is 5.23. The maximum Gasteiger partial charge on any atom is 0.295 e. The number of carbonyl (C=O) groups excluding carboxylic acids is 2. The monoisotopic (exact) mass is 434 g/mol. The Kier molecular flexibility index (Phi) is 5.59. The average Bonchev–Trinajstić information content (AvgIpc) is 3.04. The fourth-order valence-electron chi connectivity index (χ4n) is 3.74. The van der Waals surface area contributed by atoms with Gasteiger partial charge in [0.25, 0.3) is 11.7 Å². The molecule has 1 atom stereocenters. The van der Waals surface area contributed by atoms with E-state index in [1.807, 2.05) is 0 Å². The first kappa shape index (κ1) is 21.0. The lowest BCUT2D eigenvalue weighted by Crippen LogP contribution is -2.29. The first-order valence-corrected chi connectivity index (χ1v) is 9.71. The molecule has 162 valence electrons. The molecule has 32 heavy (non-hydrogen) atoms. The molecule has 0 radical (unpaired) electrons. The predicted octanol–water partition coefficient (Wildman–Crippen LogP) is 3.56. The summed E-state index contributed by atoms with van der Waals surface area (Å²) in [5.41, 5.74) is 0.917. The number of phenolic OH excluding ortho intramolecular Hbond substituents is 1. The number of aliphatic hydroxyl groups is 1. The SMILES string of the molecule is COc1ccc(C(O)=C2C(=O)C(=O)N(Cc3cccnc3)[C@@H]2c2cccc(O)c2)cc1F. The lowest BCUT2D eigenvalue weighted by Gasteiger charge is -2.25. The van der Waals surface area contributed by atoms with Crippen molar-refractivity contribution in [3.8, 4) is 11.5 Å². The molecule has 1 fully saturated rings. The van der Waals surface area contributed by atoms with Crippen LogP contribution in [0.2, 0.25) is 0 Å². The number of pyridine rings is 1. The van der Waals surface area contributed by atoms with Crippen LogP contribution in [0, 0.1) is 5.82 Å². The van der Waals surface area contributed by atoms with Crippen molar-refractivity contribution in [3.63, 3.8) is 0 Å². The topological polar surface area (TPSA) is 100.0 Å². The van der Waals surface area contributed by atoms with E-state index in [4.69, 9.17) is 4.74 Å². The minimum Gasteiger partial charge on any atom is -0.508 e. The van der Waals surface area contributed by atoms with Gasteiger partial charge < -0.3 is 19.8 Å². The van der Waals surface area contributed by atoms with Gasteiger partial charge in [-0.1, -0.05) is 18.2 Å². The Bertz CT molecular complexity index is 1230. The smallest absolute Gasteiger partial charge is 0.295 e. The summed E-state index contributed by atoms with van der Waals surface area (Å²) >= 11 is 0. The Morgan fingerprint density at radius 1 is 1.16 bits per heavy atom. The van der Waals surface area contributed by atoms with Crippen LogP contribution in [-0.4, -0.2) is 38.9 Å². The number of aromatic nitrogens is 1. The quantitative estimate of drug-likeness (QED) is 0.362. The van der Waals surface area contributed by atoms with E-state index in [0.717, 1.165) is 6.07 Å². The van der Waals surface area contributed by atoms with Gasteiger partial charge in [-0.3, -0.25) is 14.6 Å². The number of methoxy groups -OCH3 is 1. The van der Waals surface area contributed by atoms with Crippen LogP contribution in [0.3, 0.4) is 0 Å². The van der Waals surface area contributed by atoms with Gasteiger partial charge in [-0.25, -0.2) is 4.39 Å². The molecule has 2 heterocycles. The Morgan fingerprint density at radius 3 is 2.62 bits per heavy atom. The first-order chi connectivity index (χ1) is 15.4. The van der Waals surface area contributed by atoms with Crippen LogP contribution in [0.25, 0.3) is 5.76 Å². The molecule has 1 aliphatic heterocycles. The van der Waals surface area contributed by atoms with Gasteiger partial charge in [0, 0.05) is 24.5 Å². The summed E-state index contributed by atoms with van der Waals surface area (Å²) in [6, 6.07) is 12.3. The van der Waals surface area contributed by atoms with Gasteiger partial charge in [-0.2, -0.15) is 0 Å². The zero-order valence-electron chi connectivity index (χ0n) is 17.0. The molecule has 0 aliphatic carbocycles. The highest BCUT2D eigenvalue weighted by molar-refractivity contribution is 6.46. The van der Waals surface area contributed by atoms with E-state index in [2.05, 4.69) is 4.98 Å². The summed E-state index contributed by atoms with van der Waals surface area (Å²) in [4.78, 5) is 31.3. The van der Waals surface area contributed by atoms with Crippen LogP contribution in [0.1, 0.15) is 22.7 Å². The van der Waals surface area contributed by atoms with Crippen LogP contribution in [0.15, 0.2) is 72.6 Å². The zero-order valence-corrected chi connectivity index (χ0v) is 17.0. The van der Waals surface area contributed by atoms with Crippen LogP contribution in [-0.2, 0) is 16.1 Å². The van der Waals surface area contributed by atoms with E-state index in [1.54, 1.807) is 36.7 Å². The van der Waals surface area contributed by atoms with Gasteiger partial charge in [-0.15, -0.1) is 0 Å². The number of amides is 1. The molecule has 0 saturated carbocycles. The van der Waals surface area contributed by atoms with Gasteiger partial charge in [0.1, 0.15) is 11.5 Å². The Morgan fingerprint density at radius 2 is 1.97 bits per heavy atom. The highest BCUT2D eigenvalue weighted by Crippen LogP contribution is 2.41. The van der Waals surface area contributed by atoms with Crippen molar-refractivity contribution in [2.45, 2.75) is 12.6 Å². The second kappa shape index (κ2) is 8.50. The minimum absolute atomic E-state index is 0.0211. The molecule has 2 N–H and O–H groups in total. The van der Waals surface area contributed by atoms with Gasteiger partial charge >= 0.3 is 0 Å². The Labute approximate surface area is 183 Å². The lowest BCUT2D eigenvalue weighted by molar-refractivity contribution is -0.140. The normalized spacial score (nSPS) is 17.6. The van der Waals surface area contributed by atoms with E-state index >= 15 is 0 Å². The molecule has 3 aromatic rings. The molecule has 1 aromatic heterocycles. The van der Waals surface area contributed by atoms with E-state index in [1.165, 1.54) is 36.3 Å². The number of phenols is 1. The summed E-state index contributed by atoms with van der Waals surface area (Å²) in [5.74, 6) is -3.07. The number of likely N-dealkylation sites (tertiary alicyclic amines) is 1. The first-order valence-electron chi connectivity index (χ1n) is 9.71. The van der Waals surface area contributed by atoms with Crippen molar-refractivity contribution < 1.29 is 28.9 Å². The number of nitrogens with zero attached hydrogens (tertiary/aromatic N) is 2. The van der Waals surface area contributed by atoms with Crippen LogP contribution < -0.4 is 4.74 Å². The Balaban J connectivity index is 1.87. The number of hydrogen-bond acceptors (Lipinski definition) is 6. The molecule has 0 unspecified atom stereocenters. The van der Waals surface area contributed by atoms with Gasteiger partial charge in [0.15, 0.2) is 11.6 Å². The van der Waals surface area contributed by atoms with Crippen LogP contribution in [0.5, 0.6) is 11.5 Å². The van der Waals surface area contributed by atoms with E-state index in [-0.39, 0.29) is 29.2 Å². The number of hydrogen-bond donors (Lipinski definition) is 2. The van der Waals surface area contributed by atoms with Gasteiger partial charge in [-0.05, 0) is 47.5 Å². The van der Waals surface area contributed by atoms with Crippen LogP contribution >= 0.6 is 0 Å². The second-order valence-electron chi connectivity index (χ2n) is 7.23. The van der Waals surface area contributed by atoms with E-state index in [9.17, 15) is 24.2 Å². The van der Waals surface area contributed by atoms with Crippen molar-refractivity contribution in [1.82, 2.24) is 9.88 Å². The van der Waals surface area contributed by atoms with Crippen molar-refractivity contribution in [1.29, 1.82) is 0 Å². The number of ether oxygens (including phenoxy) is 1. The maximum atomic E-state index is 14.2. The zero-order chi connectivity index (χ0) is 22.8. The lowest BCUT2D eigenvalue weighted by atomic mass is 9.95. The molecule has 1 amide bonds. The van der Waals surface area contributed by atoms with Crippen LogP contribution in [0.4, 0.5) is 4.39 Å².